The average Bonchev–Trinajstić information content (AvgIpc) is 2.31. The van der Waals surface area contributed by atoms with Crippen LogP contribution < -0.4 is 5.32 Å². The second-order valence-electron chi connectivity index (χ2n) is 4.05. The molecule has 0 aromatic heterocycles. The third-order valence-electron chi connectivity index (χ3n) is 2.57. The van der Waals surface area contributed by atoms with E-state index in [-0.39, 0.29) is 5.91 Å². The highest BCUT2D eigenvalue weighted by Crippen LogP contribution is 2.08. The van der Waals surface area contributed by atoms with Crippen LogP contribution in [0.15, 0.2) is 25.3 Å². The standard InChI is InChI=1S/C14H25NO/c1-3-5-6-7-8-9-10-11-12-13-15-14(16)4-2/h3-4H,1-2,5-13H2,(H,15,16). The summed E-state index contributed by atoms with van der Waals surface area (Å²) in [5.41, 5.74) is 0. The molecule has 0 atom stereocenters. The van der Waals surface area contributed by atoms with Crippen molar-refractivity contribution < 1.29 is 4.79 Å². The van der Waals surface area contributed by atoms with E-state index in [0.29, 0.717) is 0 Å². The summed E-state index contributed by atoms with van der Waals surface area (Å²) in [6.45, 7) is 7.89. The molecule has 0 radical (unpaired) electrons. The van der Waals surface area contributed by atoms with Crippen molar-refractivity contribution in [1.29, 1.82) is 0 Å². The first-order chi connectivity index (χ1) is 7.81. The summed E-state index contributed by atoms with van der Waals surface area (Å²) in [6.07, 6.45) is 13.2. The number of nitrogens with one attached hydrogen (secondary N) is 1. The molecule has 0 unspecified atom stereocenters. The molecule has 0 aliphatic heterocycles. The van der Waals surface area contributed by atoms with Gasteiger partial charge >= 0.3 is 0 Å². The summed E-state index contributed by atoms with van der Waals surface area (Å²) in [6, 6.07) is 0. The van der Waals surface area contributed by atoms with E-state index in [4.69, 9.17) is 0 Å². The summed E-state index contributed by atoms with van der Waals surface area (Å²) in [5, 5.41) is 2.78. The Balaban J connectivity index is 3.01. The van der Waals surface area contributed by atoms with E-state index in [1.54, 1.807) is 0 Å². The Morgan fingerprint density at radius 2 is 1.50 bits per heavy atom. The van der Waals surface area contributed by atoms with E-state index in [1.807, 2.05) is 6.08 Å². The monoisotopic (exact) mass is 223 g/mol. The third-order valence-corrected chi connectivity index (χ3v) is 2.57. The highest BCUT2D eigenvalue weighted by atomic mass is 16.1. The van der Waals surface area contributed by atoms with Gasteiger partial charge in [-0.15, -0.1) is 6.58 Å². The number of hydrogen-bond donors (Lipinski definition) is 1. The number of amides is 1. The number of carbonyl (C=O) groups is 1. The maximum Gasteiger partial charge on any atom is 0.243 e. The maximum atomic E-state index is 10.8. The van der Waals surface area contributed by atoms with Crippen LogP contribution in [0.25, 0.3) is 0 Å². The molecule has 0 aromatic rings. The van der Waals surface area contributed by atoms with Gasteiger partial charge in [0.2, 0.25) is 5.91 Å². The first-order valence-electron chi connectivity index (χ1n) is 6.32. The lowest BCUT2D eigenvalue weighted by Crippen LogP contribution is -2.21. The molecule has 0 aliphatic carbocycles. The van der Waals surface area contributed by atoms with Gasteiger partial charge in [-0.1, -0.05) is 44.8 Å². The lowest BCUT2D eigenvalue weighted by Gasteiger charge is -2.02. The molecule has 0 saturated carbocycles. The lowest BCUT2D eigenvalue weighted by atomic mass is 10.1. The van der Waals surface area contributed by atoms with Gasteiger partial charge in [-0.25, -0.2) is 0 Å². The Bertz CT molecular complexity index is 199. The quantitative estimate of drug-likeness (QED) is 0.324. The van der Waals surface area contributed by atoms with Gasteiger partial charge in [0, 0.05) is 6.54 Å². The van der Waals surface area contributed by atoms with Crippen LogP contribution >= 0.6 is 0 Å². The van der Waals surface area contributed by atoms with Crippen LogP contribution in [0.4, 0.5) is 0 Å². The van der Waals surface area contributed by atoms with Crippen molar-refractivity contribution in [3.05, 3.63) is 25.3 Å². The van der Waals surface area contributed by atoms with Gasteiger partial charge in [0.1, 0.15) is 0 Å². The van der Waals surface area contributed by atoms with Crippen molar-refractivity contribution >= 4 is 5.91 Å². The van der Waals surface area contributed by atoms with E-state index in [9.17, 15) is 4.79 Å². The van der Waals surface area contributed by atoms with Gasteiger partial charge in [-0.3, -0.25) is 4.79 Å². The van der Waals surface area contributed by atoms with E-state index in [2.05, 4.69) is 18.5 Å². The minimum atomic E-state index is -0.0653. The Hall–Kier alpha value is -1.05. The molecule has 0 rings (SSSR count). The van der Waals surface area contributed by atoms with Crippen LogP contribution in [0, 0.1) is 0 Å². The molecule has 0 bridgehead atoms. The van der Waals surface area contributed by atoms with E-state index in [0.717, 1.165) is 19.4 Å². The number of allylic oxidation sites excluding steroid dienone is 1. The van der Waals surface area contributed by atoms with Crippen molar-refractivity contribution in [2.45, 2.75) is 51.4 Å². The highest BCUT2D eigenvalue weighted by Gasteiger charge is 1.93. The number of carbonyl (C=O) groups excluding carboxylic acids is 1. The normalized spacial score (nSPS) is 9.75. The van der Waals surface area contributed by atoms with Crippen LogP contribution in [-0.4, -0.2) is 12.5 Å². The Morgan fingerprint density at radius 1 is 0.938 bits per heavy atom. The van der Waals surface area contributed by atoms with Crippen LogP contribution in [-0.2, 0) is 4.79 Å². The third kappa shape index (κ3) is 11.0. The molecular weight excluding hydrogens is 198 g/mol. The molecule has 2 nitrogen and oxygen atoms in total. The molecular formula is C14H25NO. The Labute approximate surface area is 99.8 Å². The SMILES string of the molecule is C=CCCCCCCCCCNC(=O)C=C. The molecule has 0 saturated heterocycles. The molecule has 0 heterocycles. The minimum absolute atomic E-state index is 0.0653. The summed E-state index contributed by atoms with van der Waals surface area (Å²) in [7, 11) is 0. The first kappa shape index (κ1) is 14.9. The molecule has 0 aliphatic rings. The van der Waals surface area contributed by atoms with Gasteiger partial charge < -0.3 is 5.32 Å². The van der Waals surface area contributed by atoms with Gasteiger partial charge in [-0.05, 0) is 25.3 Å². The van der Waals surface area contributed by atoms with Gasteiger partial charge in [0.05, 0.1) is 0 Å². The molecule has 92 valence electrons. The zero-order chi connectivity index (χ0) is 12.1. The van der Waals surface area contributed by atoms with Crippen molar-refractivity contribution in [2.75, 3.05) is 6.54 Å². The topological polar surface area (TPSA) is 29.1 Å². The second-order valence-corrected chi connectivity index (χ2v) is 4.05. The van der Waals surface area contributed by atoms with Crippen molar-refractivity contribution in [3.63, 3.8) is 0 Å². The van der Waals surface area contributed by atoms with Crippen LogP contribution in [0.1, 0.15) is 51.4 Å². The number of rotatable bonds is 11. The Morgan fingerprint density at radius 3 is 2.06 bits per heavy atom. The van der Waals surface area contributed by atoms with Gasteiger partial charge in [0.15, 0.2) is 0 Å². The lowest BCUT2D eigenvalue weighted by molar-refractivity contribution is -0.116. The molecule has 1 amide bonds. The maximum absolute atomic E-state index is 10.8. The zero-order valence-corrected chi connectivity index (χ0v) is 10.3. The van der Waals surface area contributed by atoms with E-state index >= 15 is 0 Å². The summed E-state index contributed by atoms with van der Waals surface area (Å²) < 4.78 is 0. The van der Waals surface area contributed by atoms with Crippen LogP contribution in [0.5, 0.6) is 0 Å². The van der Waals surface area contributed by atoms with E-state index in [1.165, 1.54) is 44.6 Å². The van der Waals surface area contributed by atoms with Crippen molar-refractivity contribution in [2.24, 2.45) is 0 Å². The highest BCUT2D eigenvalue weighted by molar-refractivity contribution is 5.86. The summed E-state index contributed by atoms with van der Waals surface area (Å²) in [4.78, 5) is 10.8. The second kappa shape index (κ2) is 12.0. The average molecular weight is 223 g/mol. The minimum Gasteiger partial charge on any atom is -0.353 e. The number of unbranched alkanes of at least 4 members (excludes halogenated alkanes) is 7. The number of hydrogen-bond acceptors (Lipinski definition) is 1. The molecule has 0 spiro atoms. The summed E-state index contributed by atoms with van der Waals surface area (Å²) >= 11 is 0. The largest absolute Gasteiger partial charge is 0.353 e. The zero-order valence-electron chi connectivity index (χ0n) is 10.3. The molecule has 2 heteroatoms. The smallest absolute Gasteiger partial charge is 0.243 e. The molecule has 16 heavy (non-hydrogen) atoms. The van der Waals surface area contributed by atoms with Gasteiger partial charge in [-0.2, -0.15) is 0 Å². The first-order valence-corrected chi connectivity index (χ1v) is 6.32. The summed E-state index contributed by atoms with van der Waals surface area (Å²) in [5.74, 6) is -0.0653. The van der Waals surface area contributed by atoms with Crippen molar-refractivity contribution in [1.82, 2.24) is 5.32 Å². The van der Waals surface area contributed by atoms with Crippen molar-refractivity contribution in [3.8, 4) is 0 Å². The molecule has 1 N–H and O–H groups in total. The molecule has 0 aromatic carbocycles. The molecule has 0 fully saturated rings. The predicted octanol–water partition coefficient (Wildman–Crippen LogP) is 3.60. The fraction of sp³-hybridized carbons (Fsp3) is 0.643. The Kier molecular flexibility index (Phi) is 11.2. The van der Waals surface area contributed by atoms with Gasteiger partial charge in [0.25, 0.3) is 0 Å². The fourth-order valence-corrected chi connectivity index (χ4v) is 1.58. The predicted molar refractivity (Wildman–Crippen MR) is 70.3 cm³/mol. The fourth-order valence-electron chi connectivity index (χ4n) is 1.58. The van der Waals surface area contributed by atoms with Crippen LogP contribution in [0.2, 0.25) is 0 Å². The van der Waals surface area contributed by atoms with E-state index < -0.39 is 0 Å². The van der Waals surface area contributed by atoms with Crippen LogP contribution in [0.3, 0.4) is 0 Å².